The summed E-state index contributed by atoms with van der Waals surface area (Å²) in [6.07, 6.45) is 9.99. The molecule has 2 aliphatic rings. The lowest BCUT2D eigenvalue weighted by Crippen LogP contribution is -2.61. The van der Waals surface area contributed by atoms with Crippen LogP contribution in [0, 0.1) is 5.41 Å². The monoisotopic (exact) mass is 940 g/mol. The maximum Gasteiger partial charge on any atom is 0.100 e. The molecular formula is C21H24Br8O2. The summed E-state index contributed by atoms with van der Waals surface area (Å²) >= 11 is 29.4. The quantitative estimate of drug-likeness (QED) is 0.203. The predicted octanol–water partition coefficient (Wildman–Crippen LogP) is 9.76. The SMILES string of the molecule is CC(C)(C1(OCC(Br)CBr)C=C(Br)C=C(Br)C1)C1(OCC(Br)CBr)C=C(Br)C=C(Br)C1. The number of hydrogen-bond acceptors (Lipinski definition) is 2. The molecule has 176 valence electrons. The van der Waals surface area contributed by atoms with Crippen molar-refractivity contribution in [2.45, 2.75) is 47.5 Å². The van der Waals surface area contributed by atoms with Gasteiger partial charge in [0.2, 0.25) is 0 Å². The molecule has 0 heterocycles. The Hall–Kier alpha value is 2.72. The second-order valence-corrected chi connectivity index (χ2v) is 15.9. The van der Waals surface area contributed by atoms with Crippen LogP contribution in [0.5, 0.6) is 0 Å². The van der Waals surface area contributed by atoms with Crippen molar-refractivity contribution in [1.29, 1.82) is 0 Å². The Morgan fingerprint density at radius 2 is 1.16 bits per heavy atom. The third kappa shape index (κ3) is 7.37. The van der Waals surface area contributed by atoms with Crippen molar-refractivity contribution in [3.63, 3.8) is 0 Å². The Labute approximate surface area is 252 Å². The minimum absolute atomic E-state index is 0.203. The van der Waals surface area contributed by atoms with E-state index in [1.54, 1.807) is 0 Å². The minimum atomic E-state index is -0.613. The molecule has 0 aromatic heterocycles. The minimum Gasteiger partial charge on any atom is -0.369 e. The van der Waals surface area contributed by atoms with Crippen molar-refractivity contribution < 1.29 is 9.47 Å². The lowest BCUT2D eigenvalue weighted by molar-refractivity contribution is -0.183. The highest BCUT2D eigenvalue weighted by atomic mass is 79.9. The zero-order valence-electron chi connectivity index (χ0n) is 17.0. The normalized spacial score (nSPS) is 29.0. The molecule has 0 spiro atoms. The lowest BCUT2D eigenvalue weighted by Gasteiger charge is -2.56. The van der Waals surface area contributed by atoms with Crippen LogP contribution in [0.1, 0.15) is 26.7 Å². The van der Waals surface area contributed by atoms with E-state index >= 15 is 0 Å². The molecule has 0 N–H and O–H groups in total. The fourth-order valence-electron chi connectivity index (χ4n) is 3.81. The van der Waals surface area contributed by atoms with E-state index in [2.05, 4.69) is 166 Å². The molecule has 0 saturated heterocycles. The van der Waals surface area contributed by atoms with Gasteiger partial charge < -0.3 is 9.47 Å². The molecule has 0 amide bonds. The van der Waals surface area contributed by atoms with Crippen molar-refractivity contribution in [3.8, 4) is 0 Å². The summed E-state index contributed by atoms with van der Waals surface area (Å²) in [5.74, 6) is 0. The molecule has 0 aromatic rings. The van der Waals surface area contributed by atoms with E-state index in [0.29, 0.717) is 26.1 Å². The van der Waals surface area contributed by atoms with Crippen LogP contribution in [-0.4, -0.2) is 44.7 Å². The van der Waals surface area contributed by atoms with E-state index in [9.17, 15) is 0 Å². The van der Waals surface area contributed by atoms with Crippen molar-refractivity contribution in [3.05, 3.63) is 42.2 Å². The first kappa shape index (κ1) is 29.9. The molecule has 0 bridgehead atoms. The van der Waals surface area contributed by atoms with Gasteiger partial charge >= 0.3 is 0 Å². The highest BCUT2D eigenvalue weighted by Crippen LogP contribution is 2.56. The third-order valence-electron chi connectivity index (χ3n) is 5.69. The van der Waals surface area contributed by atoms with Gasteiger partial charge in [0, 0.05) is 47.5 Å². The summed E-state index contributed by atoms with van der Waals surface area (Å²) in [4.78, 5) is 0.406. The van der Waals surface area contributed by atoms with Crippen LogP contribution in [0.4, 0.5) is 0 Å². The van der Waals surface area contributed by atoms with E-state index in [1.807, 2.05) is 0 Å². The number of ether oxygens (including phenoxy) is 2. The van der Waals surface area contributed by atoms with Gasteiger partial charge in [0.1, 0.15) is 11.2 Å². The first-order valence-corrected chi connectivity index (χ1v) is 16.8. The van der Waals surface area contributed by atoms with Crippen molar-refractivity contribution >= 4 is 127 Å². The van der Waals surface area contributed by atoms with Crippen LogP contribution in [0.15, 0.2) is 42.2 Å². The fraction of sp³-hybridized carbons (Fsp3) is 0.619. The van der Waals surface area contributed by atoms with Gasteiger partial charge in [-0.3, -0.25) is 0 Å². The molecule has 10 heteroatoms. The van der Waals surface area contributed by atoms with Gasteiger partial charge in [0.05, 0.1) is 13.2 Å². The standard InChI is InChI=1S/C21H24Br8O2/c1-19(2,20(30-11-17(28)9-22)5-13(24)3-14(25)6-20)21(31-12-18(29)10-23)7-15(26)4-16(27)8-21/h3-5,7,17-18H,6,8-12H2,1-2H3. The molecule has 2 rings (SSSR count). The van der Waals surface area contributed by atoms with Crippen molar-refractivity contribution in [1.82, 2.24) is 0 Å². The smallest absolute Gasteiger partial charge is 0.100 e. The van der Waals surface area contributed by atoms with Gasteiger partial charge in [0.25, 0.3) is 0 Å². The highest BCUT2D eigenvalue weighted by molar-refractivity contribution is 9.13. The topological polar surface area (TPSA) is 18.5 Å². The van der Waals surface area contributed by atoms with E-state index in [0.717, 1.165) is 28.6 Å². The maximum atomic E-state index is 6.78. The Kier molecular flexibility index (Phi) is 12.4. The number of allylic oxidation sites excluding steroid dienone is 4. The molecule has 0 aromatic carbocycles. The van der Waals surface area contributed by atoms with E-state index in [1.165, 1.54) is 0 Å². The van der Waals surface area contributed by atoms with Crippen LogP contribution in [0.2, 0.25) is 0 Å². The van der Waals surface area contributed by atoms with E-state index in [-0.39, 0.29) is 9.65 Å². The van der Waals surface area contributed by atoms with Gasteiger partial charge in [-0.2, -0.15) is 0 Å². The van der Waals surface area contributed by atoms with Crippen LogP contribution in [-0.2, 0) is 9.47 Å². The maximum absolute atomic E-state index is 6.78. The van der Waals surface area contributed by atoms with Gasteiger partial charge in [-0.05, 0) is 33.3 Å². The number of rotatable bonds is 10. The average Bonchev–Trinajstić information content (AvgIpc) is 2.68. The number of hydrogen-bond donors (Lipinski definition) is 0. The molecule has 4 atom stereocenters. The van der Waals surface area contributed by atoms with Gasteiger partial charge in [-0.15, -0.1) is 0 Å². The van der Waals surface area contributed by atoms with Crippen LogP contribution in [0.25, 0.3) is 0 Å². The molecule has 2 aliphatic carbocycles. The molecule has 0 aliphatic heterocycles. The molecule has 0 saturated carbocycles. The average molecular weight is 948 g/mol. The van der Waals surface area contributed by atoms with E-state index < -0.39 is 16.6 Å². The summed E-state index contributed by atoms with van der Waals surface area (Å²) in [5, 5.41) is 1.62. The fourth-order valence-corrected chi connectivity index (χ4v) is 7.68. The third-order valence-corrected chi connectivity index (χ3v) is 12.1. The van der Waals surface area contributed by atoms with Crippen molar-refractivity contribution in [2.24, 2.45) is 5.41 Å². The van der Waals surface area contributed by atoms with E-state index in [4.69, 9.17) is 9.47 Å². The Bertz CT molecular complexity index is 713. The summed E-state index contributed by atoms with van der Waals surface area (Å²) < 4.78 is 17.7. The predicted molar refractivity (Wildman–Crippen MR) is 161 cm³/mol. The first-order valence-electron chi connectivity index (χ1n) is 9.57. The number of alkyl halides is 4. The molecule has 31 heavy (non-hydrogen) atoms. The summed E-state index contributed by atoms with van der Waals surface area (Å²) in [6, 6.07) is 0. The van der Waals surface area contributed by atoms with Gasteiger partial charge in [-0.1, -0.05) is 141 Å². The Morgan fingerprint density at radius 3 is 1.45 bits per heavy atom. The molecular weight excluding hydrogens is 923 g/mol. The van der Waals surface area contributed by atoms with Crippen LogP contribution < -0.4 is 0 Å². The van der Waals surface area contributed by atoms with Gasteiger partial charge in [-0.25, -0.2) is 0 Å². The zero-order chi connectivity index (χ0) is 23.4. The second kappa shape index (κ2) is 12.8. The molecule has 2 nitrogen and oxygen atoms in total. The lowest BCUT2D eigenvalue weighted by atomic mass is 9.59. The molecule has 0 radical (unpaired) electrons. The van der Waals surface area contributed by atoms with Gasteiger partial charge in [0.15, 0.2) is 0 Å². The highest BCUT2D eigenvalue weighted by Gasteiger charge is 2.59. The first-order chi connectivity index (χ1) is 14.4. The Balaban J connectivity index is 2.59. The largest absolute Gasteiger partial charge is 0.369 e. The summed E-state index contributed by atoms with van der Waals surface area (Å²) in [6.45, 7) is 5.61. The van der Waals surface area contributed by atoms with Crippen molar-refractivity contribution in [2.75, 3.05) is 23.9 Å². The second-order valence-electron chi connectivity index (χ2n) is 8.12. The summed E-state index contributed by atoms with van der Waals surface area (Å²) in [7, 11) is 0. The molecule has 0 fully saturated rings. The summed E-state index contributed by atoms with van der Waals surface area (Å²) in [5.41, 5.74) is -1.67. The van der Waals surface area contributed by atoms with Crippen LogP contribution >= 0.6 is 127 Å². The zero-order valence-corrected chi connectivity index (χ0v) is 29.7. The number of halogens is 8. The Morgan fingerprint density at radius 1 is 0.806 bits per heavy atom. The molecule has 4 unspecified atom stereocenters. The van der Waals surface area contributed by atoms with Crippen LogP contribution in [0.3, 0.4) is 0 Å².